The maximum atomic E-state index is 5.36. The largest absolute Gasteiger partial charge is 0.309 e. The first-order valence-electron chi connectivity index (χ1n) is 18.3. The van der Waals surface area contributed by atoms with Gasteiger partial charge in [0.1, 0.15) is 0 Å². The molecule has 0 aliphatic carbocycles. The molecular formula is C50H32N4. The number of para-hydroxylation sites is 3. The Bertz CT molecular complexity index is 3140. The van der Waals surface area contributed by atoms with E-state index in [9.17, 15) is 0 Å². The zero-order chi connectivity index (χ0) is 35.6. The van der Waals surface area contributed by atoms with E-state index in [-0.39, 0.29) is 0 Å². The smallest absolute Gasteiger partial charge is 0.235 e. The lowest BCUT2D eigenvalue weighted by Gasteiger charge is -2.15. The van der Waals surface area contributed by atoms with Crippen molar-refractivity contribution in [1.29, 1.82) is 0 Å². The Balaban J connectivity index is 1.27. The van der Waals surface area contributed by atoms with Crippen LogP contribution in [0.25, 0.3) is 99.7 Å². The molecule has 252 valence electrons. The highest BCUT2D eigenvalue weighted by Gasteiger charge is 2.23. The molecule has 11 aromatic rings. The summed E-state index contributed by atoms with van der Waals surface area (Å²) in [7, 11) is 0. The summed E-state index contributed by atoms with van der Waals surface area (Å²) in [5, 5.41) is 7.14. The number of hydrogen-bond acceptors (Lipinski definition) is 2. The average Bonchev–Trinajstić information content (AvgIpc) is 3.76. The summed E-state index contributed by atoms with van der Waals surface area (Å²) in [5.74, 6) is 0.639. The number of fused-ring (bicyclic) bond motifs is 7. The van der Waals surface area contributed by atoms with Crippen LogP contribution < -0.4 is 0 Å². The third-order valence-corrected chi connectivity index (χ3v) is 10.7. The monoisotopic (exact) mass is 688 g/mol. The van der Waals surface area contributed by atoms with Gasteiger partial charge in [-0.2, -0.15) is 0 Å². The van der Waals surface area contributed by atoms with Crippen LogP contribution in [0.3, 0.4) is 0 Å². The van der Waals surface area contributed by atoms with Crippen LogP contribution in [0.5, 0.6) is 0 Å². The van der Waals surface area contributed by atoms with Crippen molar-refractivity contribution in [2.24, 2.45) is 0 Å². The summed E-state index contributed by atoms with van der Waals surface area (Å²) in [6, 6.07) is 69.0. The summed E-state index contributed by atoms with van der Waals surface area (Å²) in [6.07, 6.45) is 0. The minimum Gasteiger partial charge on any atom is -0.309 e. The third kappa shape index (κ3) is 4.70. The van der Waals surface area contributed by atoms with Crippen LogP contribution in [0.15, 0.2) is 194 Å². The average molecular weight is 689 g/mol. The molecule has 3 heterocycles. The van der Waals surface area contributed by atoms with Crippen LogP contribution in [0.2, 0.25) is 0 Å². The number of nitrogens with zero attached hydrogens (tertiary/aromatic N) is 4. The van der Waals surface area contributed by atoms with E-state index >= 15 is 0 Å². The predicted octanol–water partition coefficient (Wildman–Crippen LogP) is 12.8. The fraction of sp³-hybridized carbons (Fsp3) is 0. The first-order valence-corrected chi connectivity index (χ1v) is 18.3. The molecule has 4 heteroatoms. The fourth-order valence-corrected chi connectivity index (χ4v) is 8.32. The summed E-state index contributed by atoms with van der Waals surface area (Å²) < 4.78 is 4.67. The van der Waals surface area contributed by atoms with E-state index in [1.54, 1.807) is 0 Å². The van der Waals surface area contributed by atoms with E-state index < -0.39 is 0 Å². The summed E-state index contributed by atoms with van der Waals surface area (Å²) >= 11 is 0. The Morgan fingerprint density at radius 3 is 1.52 bits per heavy atom. The molecule has 0 bridgehead atoms. The number of rotatable bonds is 5. The van der Waals surface area contributed by atoms with Gasteiger partial charge in [-0.25, -0.2) is 9.97 Å². The van der Waals surface area contributed by atoms with Gasteiger partial charge in [0, 0.05) is 43.9 Å². The molecule has 11 rings (SSSR count). The molecule has 0 atom stereocenters. The molecule has 0 saturated heterocycles. The maximum Gasteiger partial charge on any atom is 0.235 e. The molecule has 0 aliphatic rings. The minimum atomic E-state index is 0.639. The van der Waals surface area contributed by atoms with Gasteiger partial charge in [-0.05, 0) is 64.9 Å². The summed E-state index contributed by atoms with van der Waals surface area (Å²) in [6.45, 7) is 0. The van der Waals surface area contributed by atoms with Gasteiger partial charge in [0.05, 0.1) is 33.5 Å². The zero-order valence-electron chi connectivity index (χ0n) is 29.3. The molecule has 0 saturated carbocycles. The van der Waals surface area contributed by atoms with Gasteiger partial charge in [-0.1, -0.05) is 146 Å². The van der Waals surface area contributed by atoms with Crippen molar-refractivity contribution in [2.45, 2.75) is 0 Å². The quantitative estimate of drug-likeness (QED) is 0.180. The molecule has 0 aliphatic heterocycles. The molecule has 3 aromatic heterocycles. The summed E-state index contributed by atoms with van der Waals surface area (Å²) in [4.78, 5) is 10.7. The molecule has 4 nitrogen and oxygen atoms in total. The van der Waals surface area contributed by atoms with Crippen molar-refractivity contribution >= 4 is 54.4 Å². The van der Waals surface area contributed by atoms with Gasteiger partial charge in [0.25, 0.3) is 0 Å². The third-order valence-electron chi connectivity index (χ3n) is 10.7. The Labute approximate surface area is 311 Å². The van der Waals surface area contributed by atoms with Crippen LogP contribution in [0.1, 0.15) is 0 Å². The van der Waals surface area contributed by atoms with E-state index in [0.717, 1.165) is 55.7 Å². The molecule has 0 N–H and O–H groups in total. The first-order chi connectivity index (χ1) is 26.8. The van der Waals surface area contributed by atoms with Gasteiger partial charge in [0.15, 0.2) is 0 Å². The zero-order valence-corrected chi connectivity index (χ0v) is 29.3. The molecule has 0 unspecified atom stereocenters. The van der Waals surface area contributed by atoms with Gasteiger partial charge < -0.3 is 4.57 Å². The highest BCUT2D eigenvalue weighted by atomic mass is 15.2. The van der Waals surface area contributed by atoms with Crippen molar-refractivity contribution in [2.75, 3.05) is 0 Å². The minimum absolute atomic E-state index is 0.639. The van der Waals surface area contributed by atoms with Crippen molar-refractivity contribution in [3.8, 4) is 45.3 Å². The van der Waals surface area contributed by atoms with Crippen LogP contribution in [0.4, 0.5) is 0 Å². The lowest BCUT2D eigenvalue weighted by Crippen LogP contribution is -2.05. The molecule has 54 heavy (non-hydrogen) atoms. The Hall–Kier alpha value is -7.30. The molecule has 0 spiro atoms. The second-order valence-corrected chi connectivity index (χ2v) is 13.8. The van der Waals surface area contributed by atoms with E-state index in [1.807, 2.05) is 12.1 Å². The standard InChI is InChI=1S/C50H32N4/c1-4-16-33(17-5-1)43-32-44(34-18-6-2-7-19-34)52-50(51-43)54-46-27-15-13-25-40(46)42-30-35-20-10-11-23-38(35)48(49(42)54)36-28-29-47-41(31-36)39-24-12-14-26-45(39)53(47)37-21-8-3-9-22-37/h1-32H. The van der Waals surface area contributed by atoms with Crippen molar-refractivity contribution in [1.82, 2.24) is 19.1 Å². The molecule has 0 fully saturated rings. The van der Waals surface area contributed by atoms with Crippen LogP contribution in [0, 0.1) is 0 Å². The normalized spacial score (nSPS) is 11.7. The molecular weight excluding hydrogens is 657 g/mol. The maximum absolute atomic E-state index is 5.36. The second kappa shape index (κ2) is 12.1. The SMILES string of the molecule is c1ccc(-c2cc(-c3ccccc3)nc(-n3c4ccccc4c4cc5ccccc5c(-c5ccc6c(c5)c5ccccc5n6-c5ccccc5)c43)n2)cc1. The second-order valence-electron chi connectivity index (χ2n) is 13.8. The van der Waals surface area contributed by atoms with Crippen molar-refractivity contribution in [3.63, 3.8) is 0 Å². The van der Waals surface area contributed by atoms with Gasteiger partial charge in [-0.15, -0.1) is 0 Å². The number of hydrogen-bond donors (Lipinski definition) is 0. The highest BCUT2D eigenvalue weighted by molar-refractivity contribution is 6.22. The highest BCUT2D eigenvalue weighted by Crippen LogP contribution is 2.44. The fourth-order valence-electron chi connectivity index (χ4n) is 8.32. The Kier molecular flexibility index (Phi) is 6.82. The van der Waals surface area contributed by atoms with Crippen molar-refractivity contribution in [3.05, 3.63) is 194 Å². The van der Waals surface area contributed by atoms with Crippen LogP contribution >= 0.6 is 0 Å². The molecule has 0 radical (unpaired) electrons. The van der Waals surface area contributed by atoms with Gasteiger partial charge in [0.2, 0.25) is 5.95 Å². The van der Waals surface area contributed by atoms with E-state index in [1.165, 1.54) is 38.0 Å². The van der Waals surface area contributed by atoms with Crippen LogP contribution in [-0.4, -0.2) is 19.1 Å². The first kappa shape index (κ1) is 30.3. The van der Waals surface area contributed by atoms with E-state index in [0.29, 0.717) is 5.95 Å². The predicted molar refractivity (Wildman–Crippen MR) is 225 cm³/mol. The van der Waals surface area contributed by atoms with Crippen molar-refractivity contribution < 1.29 is 0 Å². The van der Waals surface area contributed by atoms with E-state index in [4.69, 9.17) is 9.97 Å². The topological polar surface area (TPSA) is 35.6 Å². The summed E-state index contributed by atoms with van der Waals surface area (Å²) in [5.41, 5.74) is 11.8. The van der Waals surface area contributed by atoms with Gasteiger partial charge >= 0.3 is 0 Å². The molecule has 0 amide bonds. The molecule has 8 aromatic carbocycles. The Morgan fingerprint density at radius 2 is 0.852 bits per heavy atom. The van der Waals surface area contributed by atoms with Gasteiger partial charge in [-0.3, -0.25) is 4.57 Å². The Morgan fingerprint density at radius 1 is 0.333 bits per heavy atom. The number of benzene rings is 8. The number of aromatic nitrogens is 4. The van der Waals surface area contributed by atoms with Crippen LogP contribution in [-0.2, 0) is 0 Å². The lowest BCUT2D eigenvalue weighted by atomic mass is 9.94. The van der Waals surface area contributed by atoms with E-state index in [2.05, 4.69) is 191 Å². The lowest BCUT2D eigenvalue weighted by molar-refractivity contribution is 0.996.